The molecule has 3 N–H and O–H groups in total. The monoisotopic (exact) mass is 318 g/mol. The third-order valence-corrected chi connectivity index (χ3v) is 3.71. The lowest BCUT2D eigenvalue weighted by atomic mass is 10.0. The predicted octanol–water partition coefficient (Wildman–Crippen LogP) is 3.81. The van der Waals surface area contributed by atoms with Gasteiger partial charge < -0.3 is 11.1 Å². The van der Waals surface area contributed by atoms with Crippen molar-refractivity contribution < 1.29 is 4.79 Å². The molecule has 0 aromatic heterocycles. The highest BCUT2D eigenvalue weighted by Crippen LogP contribution is 2.17. The second kappa shape index (κ2) is 8.44. The molecule has 0 saturated carbocycles. The number of hydrogen-bond acceptors (Lipinski definition) is 2. The van der Waals surface area contributed by atoms with Crippen molar-refractivity contribution in [2.24, 2.45) is 0 Å². The quantitative estimate of drug-likeness (QED) is 0.824. The van der Waals surface area contributed by atoms with E-state index in [9.17, 15) is 4.79 Å². The summed E-state index contributed by atoms with van der Waals surface area (Å²) in [5.41, 5.74) is 10.0. The van der Waals surface area contributed by atoms with Gasteiger partial charge in [-0.05, 0) is 43.0 Å². The van der Waals surface area contributed by atoms with Gasteiger partial charge in [-0.2, -0.15) is 0 Å². The zero-order valence-electron chi connectivity index (χ0n) is 13.0. The number of carbonyl (C=O) groups is 1. The number of nitrogen functional groups attached to an aromatic ring is 1. The highest BCUT2D eigenvalue weighted by molar-refractivity contribution is 5.85. The lowest BCUT2D eigenvalue weighted by molar-refractivity contribution is -0.121. The number of nitrogens with one attached hydrogen (secondary N) is 1. The maximum atomic E-state index is 12.1. The molecule has 0 aliphatic heterocycles. The molecule has 0 fully saturated rings. The van der Waals surface area contributed by atoms with Gasteiger partial charge in [0.1, 0.15) is 0 Å². The number of halogens is 1. The molecule has 0 aliphatic carbocycles. The zero-order chi connectivity index (χ0) is 15.2. The molecule has 1 atom stereocenters. The Morgan fingerprint density at radius 1 is 1.14 bits per heavy atom. The van der Waals surface area contributed by atoms with Crippen molar-refractivity contribution in [3.63, 3.8) is 0 Å². The van der Waals surface area contributed by atoms with E-state index in [1.54, 1.807) is 0 Å². The molecule has 0 radical (unpaired) electrons. The minimum absolute atomic E-state index is 0. The Bertz CT molecular complexity index is 628. The molecule has 0 heterocycles. The molecule has 2 rings (SSSR count). The van der Waals surface area contributed by atoms with Crippen molar-refractivity contribution in [1.29, 1.82) is 0 Å². The molecular weight excluding hydrogens is 296 g/mol. The highest BCUT2D eigenvalue weighted by Gasteiger charge is 2.11. The van der Waals surface area contributed by atoms with Crippen LogP contribution < -0.4 is 11.1 Å². The lowest BCUT2D eigenvalue weighted by Gasteiger charge is -2.16. The number of anilines is 1. The second-order valence-electron chi connectivity index (χ2n) is 5.34. The first-order chi connectivity index (χ1) is 10.1. The molecule has 3 nitrogen and oxygen atoms in total. The standard InChI is InChI=1S/C18H22N2O.ClH/c1-13-7-3-5-9-16(13)14(2)20-18(21)12-11-15-8-4-6-10-17(15)19;/h3-10,14H,11-12,19H2,1-2H3,(H,20,21);1H. The van der Waals surface area contributed by atoms with E-state index in [-0.39, 0.29) is 24.4 Å². The van der Waals surface area contributed by atoms with Gasteiger partial charge in [0.2, 0.25) is 5.91 Å². The molecule has 0 aliphatic rings. The number of benzene rings is 2. The summed E-state index contributed by atoms with van der Waals surface area (Å²) in [6, 6.07) is 15.8. The van der Waals surface area contributed by atoms with E-state index in [0.29, 0.717) is 12.8 Å². The number of aryl methyl sites for hydroxylation is 2. The predicted molar refractivity (Wildman–Crippen MR) is 94.2 cm³/mol. The van der Waals surface area contributed by atoms with Crippen LogP contribution in [0.15, 0.2) is 48.5 Å². The average Bonchev–Trinajstić information content (AvgIpc) is 2.46. The van der Waals surface area contributed by atoms with E-state index in [2.05, 4.69) is 24.4 Å². The summed E-state index contributed by atoms with van der Waals surface area (Å²) in [5, 5.41) is 3.05. The van der Waals surface area contributed by atoms with Crippen molar-refractivity contribution in [2.75, 3.05) is 5.73 Å². The van der Waals surface area contributed by atoms with E-state index in [1.165, 1.54) is 5.56 Å². The summed E-state index contributed by atoms with van der Waals surface area (Å²) in [5.74, 6) is 0.0500. The highest BCUT2D eigenvalue weighted by atomic mass is 35.5. The van der Waals surface area contributed by atoms with Gasteiger partial charge in [0.15, 0.2) is 0 Å². The van der Waals surface area contributed by atoms with Crippen molar-refractivity contribution >= 4 is 24.0 Å². The topological polar surface area (TPSA) is 55.1 Å². The van der Waals surface area contributed by atoms with Crippen molar-refractivity contribution in [1.82, 2.24) is 5.32 Å². The Morgan fingerprint density at radius 2 is 1.77 bits per heavy atom. The summed E-state index contributed by atoms with van der Waals surface area (Å²) in [4.78, 5) is 12.1. The van der Waals surface area contributed by atoms with Crippen molar-refractivity contribution in [3.05, 3.63) is 65.2 Å². The van der Waals surface area contributed by atoms with Crippen LogP contribution >= 0.6 is 12.4 Å². The SMILES string of the molecule is Cc1ccccc1C(C)NC(=O)CCc1ccccc1N.Cl. The summed E-state index contributed by atoms with van der Waals surface area (Å²) in [7, 11) is 0. The maximum absolute atomic E-state index is 12.1. The minimum Gasteiger partial charge on any atom is -0.399 e. The van der Waals surface area contributed by atoms with Crippen LogP contribution in [0.4, 0.5) is 5.69 Å². The van der Waals surface area contributed by atoms with Gasteiger partial charge in [-0.1, -0.05) is 42.5 Å². The number of rotatable bonds is 5. The maximum Gasteiger partial charge on any atom is 0.220 e. The van der Waals surface area contributed by atoms with Crippen LogP contribution in [0.2, 0.25) is 0 Å². The Hall–Kier alpha value is -2.00. The van der Waals surface area contributed by atoms with Gasteiger partial charge in [-0.15, -0.1) is 12.4 Å². The Kier molecular flexibility index (Phi) is 6.93. The molecule has 0 bridgehead atoms. The number of nitrogens with two attached hydrogens (primary N) is 1. The zero-order valence-corrected chi connectivity index (χ0v) is 13.8. The van der Waals surface area contributed by atoms with Crippen LogP contribution in [-0.2, 0) is 11.2 Å². The van der Waals surface area contributed by atoms with Crippen molar-refractivity contribution in [2.45, 2.75) is 32.7 Å². The Morgan fingerprint density at radius 3 is 2.45 bits per heavy atom. The van der Waals surface area contributed by atoms with Gasteiger partial charge in [-0.3, -0.25) is 4.79 Å². The fourth-order valence-electron chi connectivity index (χ4n) is 2.47. The van der Waals surface area contributed by atoms with E-state index < -0.39 is 0 Å². The largest absolute Gasteiger partial charge is 0.399 e. The van der Waals surface area contributed by atoms with Crippen LogP contribution in [0.3, 0.4) is 0 Å². The normalized spacial score (nSPS) is 11.4. The minimum atomic E-state index is 0. The second-order valence-corrected chi connectivity index (χ2v) is 5.34. The smallest absolute Gasteiger partial charge is 0.220 e. The number of amides is 1. The number of hydrogen-bond donors (Lipinski definition) is 2. The van der Waals surface area contributed by atoms with Crippen molar-refractivity contribution in [3.8, 4) is 0 Å². The summed E-state index contributed by atoms with van der Waals surface area (Å²) in [6.45, 7) is 4.07. The van der Waals surface area contributed by atoms with Gasteiger partial charge in [-0.25, -0.2) is 0 Å². The van der Waals surface area contributed by atoms with Gasteiger partial charge in [0, 0.05) is 12.1 Å². The van der Waals surface area contributed by atoms with Crippen LogP contribution in [-0.4, -0.2) is 5.91 Å². The number of para-hydroxylation sites is 1. The molecule has 2 aromatic rings. The van der Waals surface area contributed by atoms with Gasteiger partial charge >= 0.3 is 0 Å². The molecule has 0 saturated heterocycles. The van der Waals surface area contributed by atoms with Crippen LogP contribution in [0.1, 0.15) is 36.1 Å². The number of carbonyl (C=O) groups excluding carboxylic acids is 1. The summed E-state index contributed by atoms with van der Waals surface area (Å²) in [6.07, 6.45) is 1.11. The summed E-state index contributed by atoms with van der Waals surface area (Å²) < 4.78 is 0. The van der Waals surface area contributed by atoms with E-state index in [1.807, 2.05) is 43.3 Å². The third-order valence-electron chi connectivity index (χ3n) is 3.71. The molecule has 2 aromatic carbocycles. The fraction of sp³-hybridized carbons (Fsp3) is 0.278. The van der Waals surface area contributed by atoms with E-state index in [4.69, 9.17) is 5.73 Å². The Balaban J connectivity index is 0.00000242. The first-order valence-corrected chi connectivity index (χ1v) is 7.26. The average molecular weight is 319 g/mol. The molecule has 118 valence electrons. The van der Waals surface area contributed by atoms with Crippen LogP contribution in [0, 0.1) is 6.92 Å². The molecule has 22 heavy (non-hydrogen) atoms. The van der Waals surface area contributed by atoms with E-state index in [0.717, 1.165) is 16.8 Å². The van der Waals surface area contributed by atoms with Gasteiger partial charge in [0.05, 0.1) is 6.04 Å². The Labute approximate surface area is 138 Å². The summed E-state index contributed by atoms with van der Waals surface area (Å²) >= 11 is 0. The van der Waals surface area contributed by atoms with Crippen LogP contribution in [0.5, 0.6) is 0 Å². The molecule has 1 unspecified atom stereocenters. The van der Waals surface area contributed by atoms with Crippen LogP contribution in [0.25, 0.3) is 0 Å². The third kappa shape index (κ3) is 4.78. The molecule has 0 spiro atoms. The first kappa shape index (κ1) is 18.1. The molecule has 1 amide bonds. The fourth-order valence-corrected chi connectivity index (χ4v) is 2.47. The van der Waals surface area contributed by atoms with Gasteiger partial charge in [0.25, 0.3) is 0 Å². The molecule has 4 heteroatoms. The van der Waals surface area contributed by atoms with E-state index >= 15 is 0 Å². The first-order valence-electron chi connectivity index (χ1n) is 7.26. The molecular formula is C18H23ClN2O. The lowest BCUT2D eigenvalue weighted by Crippen LogP contribution is -2.27.